The third-order valence-corrected chi connectivity index (χ3v) is 2.89. The van der Waals surface area contributed by atoms with Crippen LogP contribution in [0, 0.1) is 39.9 Å². The van der Waals surface area contributed by atoms with E-state index >= 15 is 0 Å². The molecule has 0 unspecified atom stereocenters. The van der Waals surface area contributed by atoms with Crippen molar-refractivity contribution in [1.82, 2.24) is 4.98 Å². The fourth-order valence-corrected chi connectivity index (χ4v) is 1.97. The second kappa shape index (κ2) is 6.45. The molecular formula is C11H8N4S. The van der Waals surface area contributed by atoms with Gasteiger partial charge in [0.25, 0.3) is 0 Å². The molecule has 1 rings (SSSR count). The van der Waals surface area contributed by atoms with E-state index in [1.165, 1.54) is 11.8 Å². The first-order valence-electron chi connectivity index (χ1n) is 4.59. The van der Waals surface area contributed by atoms with Crippen molar-refractivity contribution in [2.45, 2.75) is 11.4 Å². The van der Waals surface area contributed by atoms with Gasteiger partial charge in [0, 0.05) is 11.9 Å². The molecule has 5 heteroatoms. The zero-order valence-electron chi connectivity index (χ0n) is 8.42. The van der Waals surface area contributed by atoms with Gasteiger partial charge < -0.3 is 0 Å². The minimum Gasteiger partial charge on any atom is -0.249 e. The lowest BCUT2D eigenvalue weighted by atomic mass is 10.1. The van der Waals surface area contributed by atoms with Gasteiger partial charge in [-0.25, -0.2) is 4.98 Å². The molecule has 0 saturated heterocycles. The Kier molecular flexibility index (Phi) is 4.86. The van der Waals surface area contributed by atoms with Crippen LogP contribution in [0.15, 0.2) is 23.4 Å². The summed E-state index contributed by atoms with van der Waals surface area (Å²) in [6.07, 6.45) is 2.11. The van der Waals surface area contributed by atoms with E-state index in [1.54, 1.807) is 18.3 Å². The van der Waals surface area contributed by atoms with E-state index in [9.17, 15) is 0 Å². The minimum absolute atomic E-state index is 0.485. The van der Waals surface area contributed by atoms with Crippen LogP contribution in [0.2, 0.25) is 0 Å². The monoisotopic (exact) mass is 228 g/mol. The van der Waals surface area contributed by atoms with Crippen LogP contribution in [0.1, 0.15) is 12.0 Å². The highest BCUT2D eigenvalue weighted by Gasteiger charge is 2.07. The lowest BCUT2D eigenvalue weighted by molar-refractivity contribution is 0.810. The minimum atomic E-state index is -0.582. The molecule has 4 nitrogen and oxygen atoms in total. The Bertz CT molecular complexity index is 464. The van der Waals surface area contributed by atoms with E-state index in [4.69, 9.17) is 15.8 Å². The number of nitrogens with zero attached hydrogens (tertiary/aromatic N) is 4. The third-order valence-electron chi connectivity index (χ3n) is 1.85. The van der Waals surface area contributed by atoms with Gasteiger partial charge >= 0.3 is 0 Å². The normalized spacial score (nSPS) is 9.12. The van der Waals surface area contributed by atoms with Gasteiger partial charge in [-0.1, -0.05) is 0 Å². The largest absolute Gasteiger partial charge is 0.249 e. The van der Waals surface area contributed by atoms with Crippen LogP contribution in [-0.4, -0.2) is 10.7 Å². The van der Waals surface area contributed by atoms with Crippen molar-refractivity contribution < 1.29 is 0 Å². The van der Waals surface area contributed by atoms with Gasteiger partial charge in [0.15, 0.2) is 0 Å². The Hall–Kier alpha value is -2.03. The number of pyridine rings is 1. The summed E-state index contributed by atoms with van der Waals surface area (Å²) in [7, 11) is 0. The fraction of sp³-hybridized carbons (Fsp3) is 0.273. The Morgan fingerprint density at radius 2 is 2.06 bits per heavy atom. The molecule has 0 aliphatic carbocycles. The molecule has 0 radical (unpaired) electrons. The summed E-state index contributed by atoms with van der Waals surface area (Å²) in [5, 5.41) is 26.6. The van der Waals surface area contributed by atoms with Gasteiger partial charge in [-0.15, -0.1) is 11.8 Å². The number of aromatic nitrogens is 1. The Morgan fingerprint density at radius 1 is 1.31 bits per heavy atom. The maximum atomic E-state index is 8.81. The van der Waals surface area contributed by atoms with Gasteiger partial charge in [0.1, 0.15) is 17.0 Å². The van der Waals surface area contributed by atoms with Crippen LogP contribution < -0.4 is 0 Å². The molecule has 0 aromatic carbocycles. The van der Waals surface area contributed by atoms with Crippen LogP contribution in [0.25, 0.3) is 0 Å². The summed E-state index contributed by atoms with van der Waals surface area (Å²) in [5.41, 5.74) is 0.526. The average molecular weight is 228 g/mol. The SMILES string of the molecule is N#Cc1cccnc1SCCC(C#N)C#N. The third kappa shape index (κ3) is 3.28. The zero-order chi connectivity index (χ0) is 11.8. The van der Waals surface area contributed by atoms with E-state index in [0.29, 0.717) is 22.8 Å². The van der Waals surface area contributed by atoms with E-state index in [1.807, 2.05) is 18.2 Å². The van der Waals surface area contributed by atoms with Crippen LogP contribution >= 0.6 is 11.8 Å². The van der Waals surface area contributed by atoms with E-state index < -0.39 is 5.92 Å². The van der Waals surface area contributed by atoms with Gasteiger partial charge in [0.2, 0.25) is 0 Å². The molecule has 1 aromatic heterocycles. The Balaban J connectivity index is 2.54. The van der Waals surface area contributed by atoms with Crippen molar-refractivity contribution in [3.8, 4) is 18.2 Å². The van der Waals surface area contributed by atoms with E-state index in [2.05, 4.69) is 4.98 Å². The highest BCUT2D eigenvalue weighted by Crippen LogP contribution is 2.21. The first-order valence-corrected chi connectivity index (χ1v) is 5.57. The molecule has 1 heterocycles. The standard InChI is InChI=1S/C11H8N4S/c12-6-9(7-13)3-5-16-11-10(8-14)2-1-4-15-11/h1-2,4,9H,3,5H2. The molecule has 0 N–H and O–H groups in total. The van der Waals surface area contributed by atoms with Crippen molar-refractivity contribution in [2.24, 2.45) is 5.92 Å². The molecule has 0 aliphatic rings. The molecule has 0 aliphatic heterocycles. The smallest absolute Gasteiger partial charge is 0.134 e. The van der Waals surface area contributed by atoms with Crippen LogP contribution in [0.5, 0.6) is 0 Å². The lowest BCUT2D eigenvalue weighted by Crippen LogP contribution is -1.95. The first kappa shape index (κ1) is 12.0. The number of hydrogen-bond acceptors (Lipinski definition) is 5. The van der Waals surface area contributed by atoms with Crippen molar-refractivity contribution in [3.05, 3.63) is 23.9 Å². The van der Waals surface area contributed by atoms with E-state index in [-0.39, 0.29) is 0 Å². The van der Waals surface area contributed by atoms with Crippen molar-refractivity contribution in [2.75, 3.05) is 5.75 Å². The molecule has 0 fully saturated rings. The molecule has 16 heavy (non-hydrogen) atoms. The number of nitriles is 3. The zero-order valence-corrected chi connectivity index (χ0v) is 9.24. The maximum absolute atomic E-state index is 8.81. The molecule has 1 aromatic rings. The summed E-state index contributed by atoms with van der Waals surface area (Å²) in [5.74, 6) is 0.0269. The second-order valence-electron chi connectivity index (χ2n) is 2.92. The van der Waals surface area contributed by atoms with Crippen molar-refractivity contribution in [1.29, 1.82) is 15.8 Å². The van der Waals surface area contributed by atoms with Gasteiger partial charge in [-0.3, -0.25) is 0 Å². The molecule has 0 atom stereocenters. The Morgan fingerprint density at radius 3 is 2.69 bits per heavy atom. The van der Waals surface area contributed by atoms with Gasteiger partial charge in [-0.2, -0.15) is 15.8 Å². The Labute approximate surface area is 98.1 Å². The summed E-state index contributed by atoms with van der Waals surface area (Å²) >= 11 is 1.39. The highest BCUT2D eigenvalue weighted by molar-refractivity contribution is 7.99. The van der Waals surface area contributed by atoms with Crippen molar-refractivity contribution >= 4 is 11.8 Å². The molecule has 0 saturated carbocycles. The average Bonchev–Trinajstić information content (AvgIpc) is 2.35. The predicted octanol–water partition coefficient (Wildman–Crippen LogP) is 2.10. The molecule has 0 amide bonds. The van der Waals surface area contributed by atoms with Gasteiger partial charge in [-0.05, 0) is 18.6 Å². The summed E-state index contributed by atoms with van der Waals surface area (Å²) in [4.78, 5) is 4.07. The van der Waals surface area contributed by atoms with E-state index in [0.717, 1.165) is 0 Å². The lowest BCUT2D eigenvalue weighted by Gasteiger charge is -2.02. The van der Waals surface area contributed by atoms with Crippen molar-refractivity contribution in [3.63, 3.8) is 0 Å². The number of rotatable bonds is 4. The van der Waals surface area contributed by atoms with Crippen LogP contribution in [0.4, 0.5) is 0 Å². The summed E-state index contributed by atoms with van der Waals surface area (Å²) in [6.45, 7) is 0. The molecule has 0 bridgehead atoms. The molecular weight excluding hydrogens is 220 g/mol. The second-order valence-corrected chi connectivity index (χ2v) is 4.00. The summed E-state index contributed by atoms with van der Waals surface area (Å²) < 4.78 is 0. The molecule has 0 spiro atoms. The quantitative estimate of drug-likeness (QED) is 0.737. The van der Waals surface area contributed by atoms with Gasteiger partial charge in [0.05, 0.1) is 17.7 Å². The first-order chi connectivity index (χ1) is 7.81. The topological polar surface area (TPSA) is 84.3 Å². The predicted molar refractivity (Wildman–Crippen MR) is 59.0 cm³/mol. The van der Waals surface area contributed by atoms with Crippen LogP contribution in [-0.2, 0) is 0 Å². The number of thioether (sulfide) groups is 1. The summed E-state index contributed by atoms with van der Waals surface area (Å²) in [6, 6.07) is 9.26. The molecule has 78 valence electrons. The fourth-order valence-electron chi connectivity index (χ4n) is 1.02. The van der Waals surface area contributed by atoms with Crippen LogP contribution in [0.3, 0.4) is 0 Å². The highest BCUT2D eigenvalue weighted by atomic mass is 32.2. The maximum Gasteiger partial charge on any atom is 0.134 e. The number of hydrogen-bond donors (Lipinski definition) is 0.